The first-order valence-electron chi connectivity index (χ1n) is 44.3. The summed E-state index contributed by atoms with van der Waals surface area (Å²) in [5, 5.41) is 0. The first-order chi connectivity index (χ1) is 58.6. The van der Waals surface area contributed by atoms with E-state index in [1.54, 1.807) is 18.2 Å². The summed E-state index contributed by atoms with van der Waals surface area (Å²) in [5.41, 5.74) is 15.4. The van der Waals surface area contributed by atoms with E-state index in [-0.39, 0.29) is 48.3 Å². The molecule has 16 heteroatoms. The van der Waals surface area contributed by atoms with Crippen LogP contribution in [0.5, 0.6) is 0 Å². The molecule has 0 spiro atoms. The van der Waals surface area contributed by atoms with Gasteiger partial charge in [-0.3, -0.25) is 0 Å². The van der Waals surface area contributed by atoms with Gasteiger partial charge in [0.25, 0.3) is 0 Å². The van der Waals surface area contributed by atoms with Crippen LogP contribution in [-0.2, 0) is 71.7 Å². The molecule has 0 bridgehead atoms. The molecule has 0 atom stereocenters. The summed E-state index contributed by atoms with van der Waals surface area (Å²) >= 11 is 0. The lowest BCUT2D eigenvalue weighted by Gasteiger charge is -2.11. The van der Waals surface area contributed by atoms with Crippen molar-refractivity contribution >= 4 is 48.3 Å². The van der Waals surface area contributed by atoms with Crippen LogP contribution in [0.4, 0.5) is 0 Å². The average Bonchev–Trinajstić information content (AvgIpc) is 0.812. The van der Waals surface area contributed by atoms with Crippen molar-refractivity contribution < 1.29 is 76.4 Å². The van der Waals surface area contributed by atoms with Crippen molar-refractivity contribution in [3.63, 3.8) is 0 Å². The van der Waals surface area contributed by atoms with Gasteiger partial charge in [-0.25, -0.2) is 24.0 Å². The topological polar surface area (TPSA) is 234 Å². The first-order valence-corrected chi connectivity index (χ1v) is 44.3. The molecule has 0 heterocycles. The molecule has 0 aliphatic carbocycles. The van der Waals surface area contributed by atoms with Crippen LogP contribution in [-0.4, -0.2) is 81.3 Å². The number of carbonyl (C=O) groups excluding carboxylic acids is 11. The van der Waals surface area contributed by atoms with E-state index in [0.29, 0.717) is 60.9 Å². The van der Waals surface area contributed by atoms with Gasteiger partial charge in [0.2, 0.25) is 0 Å². The molecule has 0 aliphatic rings. The van der Waals surface area contributed by atoms with E-state index in [0.717, 1.165) is 143 Å². The Balaban J connectivity index is 0.000000524. The molecule has 0 aromatic heterocycles. The van der Waals surface area contributed by atoms with Crippen molar-refractivity contribution in [1.82, 2.24) is 0 Å². The van der Waals surface area contributed by atoms with Gasteiger partial charge < -0.3 is 23.7 Å². The van der Waals surface area contributed by atoms with Crippen LogP contribution in [0.1, 0.15) is 329 Å². The fourth-order valence-electron chi connectivity index (χ4n) is 13.0. The monoisotopic (exact) mass is 1640 g/mol. The zero-order chi connectivity index (χ0) is 87.7. The fraction of sp³-hybridized carbons (Fsp3) is 0.462. The van der Waals surface area contributed by atoms with Crippen molar-refractivity contribution in [3.05, 3.63) is 239 Å². The molecule has 0 aliphatic heterocycles. The Morgan fingerprint density at radius 3 is 0.825 bits per heavy atom. The van der Waals surface area contributed by atoms with E-state index in [9.17, 15) is 24.0 Å². The number of carbonyl (C=O) groups is 5. The third-order valence-corrected chi connectivity index (χ3v) is 19.8. The molecular weight excluding hydrogens is 1510 g/mol. The number of hydrogen-bond donors (Lipinski definition) is 0. The van der Waals surface area contributed by atoms with Gasteiger partial charge >= 0.3 is 48.3 Å². The number of aryl methyl sites for hydroxylation is 3. The summed E-state index contributed by atoms with van der Waals surface area (Å²) in [6.45, 7) is 20.0. The largest absolute Gasteiger partial charge is 0.462 e. The van der Waals surface area contributed by atoms with Crippen LogP contribution in [0.25, 0.3) is 44.5 Å². The van der Waals surface area contributed by atoms with E-state index >= 15 is 0 Å². The highest BCUT2D eigenvalue weighted by atomic mass is 16.5. The Morgan fingerprint density at radius 1 is 0.217 bits per heavy atom. The van der Waals surface area contributed by atoms with E-state index in [1.807, 2.05) is 97.1 Å². The lowest BCUT2D eigenvalue weighted by Crippen LogP contribution is -2.09. The van der Waals surface area contributed by atoms with Crippen LogP contribution in [0, 0.1) is 0 Å². The molecule has 120 heavy (non-hydrogen) atoms. The number of esters is 5. The molecular formula is C104H136O16. The minimum absolute atomic E-state index is 0.218. The molecule has 8 rings (SSSR count). The predicted octanol–water partition coefficient (Wildman–Crippen LogP) is 26.7. The Labute approximate surface area is 717 Å². The van der Waals surface area contributed by atoms with Crippen molar-refractivity contribution in [3.8, 4) is 44.5 Å². The van der Waals surface area contributed by atoms with Gasteiger partial charge in [0.05, 0.1) is 60.9 Å². The molecule has 8 aromatic rings. The standard InChI is InChI=1S/C26H34O4.3C25H34O2.3CO2/c1-3-5-7-11-18-29-25(27)22-15-13-14-21(20-22)23-16-9-10-17-24(23)26(28)30-19-12-8-6-4-2;1-3-5-7-9-13-21-14-11-15-22(19-21)23-16-12-17-24(20-23)25(26)27-18-10-8-6-4-2;1-3-5-7-9-12-21-15-17-22(18-16-21)23-13-11-14-24(20-23)25(26)27-19-10-8-6-4-2;1-3-5-7-9-11-21-12-14-22(15-13-21)23-16-18-24(19-17-23)25(26)27-20-10-8-6-4-2;3*2-1-3/h9-10,13-17,20H,3-8,11-12,18-19H2,1-2H3;11-12,14-17,19-20H,3-10,13,18H2,1-2H3;11,13-18,20H,3-10,12,19H2,1-2H3;12-19H,3-11,20H2,1-2H3;;;. The van der Waals surface area contributed by atoms with Crippen molar-refractivity contribution in [2.24, 2.45) is 0 Å². The van der Waals surface area contributed by atoms with Gasteiger partial charge in [0, 0.05) is 0 Å². The lowest BCUT2D eigenvalue weighted by atomic mass is 9.98. The first kappa shape index (κ1) is 105. The smallest absolute Gasteiger partial charge is 0.373 e. The van der Waals surface area contributed by atoms with Gasteiger partial charge in [0.1, 0.15) is 0 Å². The molecule has 16 nitrogen and oxygen atoms in total. The van der Waals surface area contributed by atoms with E-state index in [4.69, 9.17) is 52.5 Å². The fourth-order valence-corrected chi connectivity index (χ4v) is 13.0. The third kappa shape index (κ3) is 47.7. The summed E-state index contributed by atoms with van der Waals surface area (Å²) in [4.78, 5) is 110. The highest BCUT2D eigenvalue weighted by Gasteiger charge is 2.18. The SMILES string of the molecule is CCCCCCOC(=O)c1ccc(-c2ccc(CCCCCC)cc2)cc1.CCCCCCOC(=O)c1cccc(-c2ccc(CCCCCC)cc2)c1.CCCCCCOC(=O)c1cccc(-c2cccc(CCCCCC)c2)c1.CCCCCCOC(=O)c1cccc(-c2ccccc2C(=O)OCCCCCC)c1.O=C=O.O=C=O.O=C=O. The molecule has 0 radical (unpaired) electrons. The molecule has 648 valence electrons. The normalized spacial score (nSPS) is 10.1. The molecule has 0 fully saturated rings. The van der Waals surface area contributed by atoms with Crippen LogP contribution >= 0.6 is 0 Å². The number of benzene rings is 8. The second-order valence-electron chi connectivity index (χ2n) is 29.6. The summed E-state index contributed by atoms with van der Waals surface area (Å²) in [6, 6.07) is 64.1. The third-order valence-electron chi connectivity index (χ3n) is 19.8. The quantitative estimate of drug-likeness (QED) is 0.0196. The number of unbranched alkanes of at least 4 members (excludes halogenated alkanes) is 24. The minimum atomic E-state index is -0.329. The molecule has 8 aromatic carbocycles. The number of hydrogen-bond acceptors (Lipinski definition) is 16. The van der Waals surface area contributed by atoms with Crippen LogP contribution < -0.4 is 0 Å². The van der Waals surface area contributed by atoms with Gasteiger partial charge in [-0.15, -0.1) is 0 Å². The second kappa shape index (κ2) is 71.2. The Bertz CT molecular complexity index is 4110. The highest BCUT2D eigenvalue weighted by molar-refractivity contribution is 5.99. The minimum Gasteiger partial charge on any atom is -0.462 e. The Hall–Kier alpha value is -10.7. The van der Waals surface area contributed by atoms with E-state index in [1.165, 1.54) is 143 Å². The van der Waals surface area contributed by atoms with Gasteiger partial charge in [0.15, 0.2) is 0 Å². The van der Waals surface area contributed by atoms with Crippen molar-refractivity contribution in [2.45, 2.75) is 280 Å². The van der Waals surface area contributed by atoms with Crippen LogP contribution in [0.3, 0.4) is 0 Å². The van der Waals surface area contributed by atoms with E-state index in [2.05, 4.69) is 134 Å². The average molecular weight is 1640 g/mol. The zero-order valence-corrected chi connectivity index (χ0v) is 73.3. The highest BCUT2D eigenvalue weighted by Crippen LogP contribution is 2.29. The Morgan fingerprint density at radius 2 is 0.475 bits per heavy atom. The summed E-state index contributed by atoms with van der Waals surface area (Å²) in [6.07, 6.45) is 41.4. The molecule has 0 saturated heterocycles. The Kier molecular flexibility index (Phi) is 62.5. The summed E-state index contributed by atoms with van der Waals surface area (Å²) in [7, 11) is 0. The van der Waals surface area contributed by atoms with Gasteiger partial charge in [-0.1, -0.05) is 349 Å². The van der Waals surface area contributed by atoms with Gasteiger partial charge in [-0.05, 0) is 186 Å². The van der Waals surface area contributed by atoms with Crippen molar-refractivity contribution in [2.75, 3.05) is 33.0 Å². The number of rotatable bonds is 49. The lowest BCUT2D eigenvalue weighted by molar-refractivity contribution is -0.193. The summed E-state index contributed by atoms with van der Waals surface area (Å²) in [5.74, 6) is -1.32. The molecule has 0 N–H and O–H groups in total. The molecule has 0 amide bonds. The van der Waals surface area contributed by atoms with Crippen molar-refractivity contribution in [1.29, 1.82) is 0 Å². The maximum Gasteiger partial charge on any atom is 0.373 e. The van der Waals surface area contributed by atoms with E-state index < -0.39 is 0 Å². The second-order valence-corrected chi connectivity index (χ2v) is 29.6. The number of ether oxygens (including phenoxy) is 5. The zero-order valence-electron chi connectivity index (χ0n) is 73.3. The van der Waals surface area contributed by atoms with Crippen LogP contribution in [0.2, 0.25) is 0 Å². The van der Waals surface area contributed by atoms with Gasteiger partial charge in [-0.2, -0.15) is 28.8 Å². The molecule has 0 unspecified atom stereocenters. The maximum atomic E-state index is 12.6. The maximum absolute atomic E-state index is 12.6. The predicted molar refractivity (Wildman–Crippen MR) is 478 cm³/mol. The summed E-state index contributed by atoms with van der Waals surface area (Å²) < 4.78 is 27.1. The molecule has 0 saturated carbocycles. The van der Waals surface area contributed by atoms with Crippen LogP contribution in [0.15, 0.2) is 194 Å².